The summed E-state index contributed by atoms with van der Waals surface area (Å²) in [6, 6.07) is 2.04. The smallest absolute Gasteiger partial charge is 0.160 e. The molecule has 1 unspecified atom stereocenters. The number of rotatable bonds is 0. The molecule has 1 aliphatic rings. The molecule has 3 heterocycles. The molecule has 0 aromatic carbocycles. The van der Waals surface area contributed by atoms with Gasteiger partial charge in [0.1, 0.15) is 11.3 Å². The average molecular weight is 290 g/mol. The molecule has 3 rings (SSSR count). The van der Waals surface area contributed by atoms with Crippen LogP contribution in [0.3, 0.4) is 0 Å². The number of imidazole rings is 1. The third-order valence-electron chi connectivity index (χ3n) is 2.58. The van der Waals surface area contributed by atoms with Crippen LogP contribution < -0.4 is 5.73 Å². The number of nitrogens with zero attached hydrogens (tertiary/aromatic N) is 3. The lowest BCUT2D eigenvalue weighted by Crippen LogP contribution is -2.06. The van der Waals surface area contributed by atoms with E-state index in [9.17, 15) is 0 Å². The molecule has 0 radical (unpaired) electrons. The molecule has 6 heteroatoms. The van der Waals surface area contributed by atoms with Crippen LogP contribution in [0, 0.1) is 0 Å². The predicted molar refractivity (Wildman–Crippen MR) is 64.0 cm³/mol. The van der Waals surface area contributed by atoms with Gasteiger partial charge in [-0.05, 0) is 28.4 Å². The lowest BCUT2D eigenvalue weighted by atomic mass is 10.3. The molecule has 2 N–H and O–H groups in total. The number of aromatic nitrogens is 3. The van der Waals surface area contributed by atoms with Crippen molar-refractivity contribution in [1.29, 1.82) is 0 Å². The SMILES string of the molecule is Cl.NC1CCn2c1nc1cc(Br)cnc12. The number of hydrogen-bond donors (Lipinski definition) is 1. The van der Waals surface area contributed by atoms with Crippen molar-refractivity contribution in [3.05, 3.63) is 22.6 Å². The highest BCUT2D eigenvalue weighted by Crippen LogP contribution is 2.27. The van der Waals surface area contributed by atoms with E-state index in [4.69, 9.17) is 5.73 Å². The second-order valence-electron chi connectivity index (χ2n) is 3.51. The van der Waals surface area contributed by atoms with E-state index in [0.717, 1.165) is 34.4 Å². The van der Waals surface area contributed by atoms with Gasteiger partial charge in [-0.15, -0.1) is 12.4 Å². The summed E-state index contributed by atoms with van der Waals surface area (Å²) in [5, 5.41) is 0. The molecule has 0 saturated heterocycles. The zero-order chi connectivity index (χ0) is 9.71. The fourth-order valence-electron chi connectivity index (χ4n) is 1.90. The van der Waals surface area contributed by atoms with Gasteiger partial charge < -0.3 is 10.3 Å². The Bertz CT molecular complexity index is 510. The van der Waals surface area contributed by atoms with E-state index in [1.165, 1.54) is 0 Å². The van der Waals surface area contributed by atoms with Crippen LogP contribution in [-0.2, 0) is 6.54 Å². The minimum Gasteiger partial charge on any atom is -0.321 e. The second-order valence-corrected chi connectivity index (χ2v) is 4.43. The molecule has 2 aromatic rings. The van der Waals surface area contributed by atoms with Crippen LogP contribution in [-0.4, -0.2) is 14.5 Å². The van der Waals surface area contributed by atoms with Crippen LogP contribution in [0.15, 0.2) is 16.7 Å². The zero-order valence-electron chi connectivity index (χ0n) is 7.85. The normalized spacial score (nSPS) is 18.9. The Morgan fingerprint density at radius 3 is 3.13 bits per heavy atom. The molecular formula is C9H10BrClN4. The summed E-state index contributed by atoms with van der Waals surface area (Å²) in [6.07, 6.45) is 2.76. The Kier molecular flexibility index (Phi) is 2.70. The topological polar surface area (TPSA) is 56.7 Å². The third-order valence-corrected chi connectivity index (χ3v) is 3.01. The van der Waals surface area contributed by atoms with Crippen molar-refractivity contribution >= 4 is 39.5 Å². The molecule has 15 heavy (non-hydrogen) atoms. The first kappa shape index (κ1) is 10.9. The van der Waals surface area contributed by atoms with Gasteiger partial charge in [-0.3, -0.25) is 0 Å². The summed E-state index contributed by atoms with van der Waals surface area (Å²) in [5.41, 5.74) is 7.79. The summed E-state index contributed by atoms with van der Waals surface area (Å²) in [7, 11) is 0. The molecule has 0 bridgehead atoms. The standard InChI is InChI=1S/C9H9BrN4.ClH/c10-5-3-7-9(12-4-5)14-2-1-6(11)8(14)13-7;/h3-4,6H,1-2,11H2;1H. The number of aryl methyl sites for hydroxylation is 1. The summed E-state index contributed by atoms with van der Waals surface area (Å²) >= 11 is 3.38. The average Bonchev–Trinajstić information content (AvgIpc) is 2.66. The number of pyridine rings is 1. The van der Waals surface area contributed by atoms with Crippen LogP contribution in [0.25, 0.3) is 11.2 Å². The summed E-state index contributed by atoms with van der Waals surface area (Å²) in [6.45, 7) is 0.932. The van der Waals surface area contributed by atoms with E-state index >= 15 is 0 Å². The first-order chi connectivity index (χ1) is 6.75. The fourth-order valence-corrected chi connectivity index (χ4v) is 2.22. The molecule has 80 valence electrons. The third kappa shape index (κ3) is 1.55. The van der Waals surface area contributed by atoms with Crippen molar-refractivity contribution in [3.63, 3.8) is 0 Å². The van der Waals surface area contributed by atoms with Crippen LogP contribution in [0.2, 0.25) is 0 Å². The number of hydrogen-bond acceptors (Lipinski definition) is 3. The van der Waals surface area contributed by atoms with Gasteiger partial charge >= 0.3 is 0 Å². The molecule has 0 fully saturated rings. The molecule has 0 aliphatic carbocycles. The van der Waals surface area contributed by atoms with Crippen molar-refractivity contribution < 1.29 is 0 Å². The van der Waals surface area contributed by atoms with E-state index in [2.05, 4.69) is 30.5 Å². The van der Waals surface area contributed by atoms with E-state index in [-0.39, 0.29) is 18.4 Å². The summed E-state index contributed by atoms with van der Waals surface area (Å²) in [4.78, 5) is 8.83. The van der Waals surface area contributed by atoms with Gasteiger partial charge in [0.15, 0.2) is 5.65 Å². The van der Waals surface area contributed by atoms with Crippen molar-refractivity contribution in [3.8, 4) is 0 Å². The first-order valence-electron chi connectivity index (χ1n) is 4.53. The maximum atomic E-state index is 5.93. The Hall–Kier alpha value is -0.650. The Labute approximate surface area is 101 Å². The van der Waals surface area contributed by atoms with Gasteiger partial charge in [0.05, 0.1) is 6.04 Å². The minimum absolute atomic E-state index is 0. The van der Waals surface area contributed by atoms with Gasteiger partial charge in [0.2, 0.25) is 0 Å². The fraction of sp³-hybridized carbons (Fsp3) is 0.333. The highest BCUT2D eigenvalue weighted by Gasteiger charge is 2.23. The highest BCUT2D eigenvalue weighted by molar-refractivity contribution is 9.10. The molecule has 1 atom stereocenters. The summed E-state index contributed by atoms with van der Waals surface area (Å²) < 4.78 is 3.06. The quantitative estimate of drug-likeness (QED) is 0.807. The highest BCUT2D eigenvalue weighted by atomic mass is 79.9. The van der Waals surface area contributed by atoms with E-state index < -0.39 is 0 Å². The van der Waals surface area contributed by atoms with Crippen LogP contribution >= 0.6 is 28.3 Å². The number of fused-ring (bicyclic) bond motifs is 3. The van der Waals surface area contributed by atoms with Gasteiger partial charge in [-0.2, -0.15) is 0 Å². The van der Waals surface area contributed by atoms with E-state index in [1.54, 1.807) is 6.20 Å². The molecule has 2 aromatic heterocycles. The van der Waals surface area contributed by atoms with Crippen molar-refractivity contribution in [2.24, 2.45) is 5.73 Å². The van der Waals surface area contributed by atoms with Crippen molar-refractivity contribution in [2.45, 2.75) is 19.0 Å². The molecule has 4 nitrogen and oxygen atoms in total. The van der Waals surface area contributed by atoms with Crippen molar-refractivity contribution in [2.75, 3.05) is 0 Å². The lowest BCUT2D eigenvalue weighted by Gasteiger charge is -1.96. The van der Waals surface area contributed by atoms with E-state index in [0.29, 0.717) is 0 Å². The van der Waals surface area contributed by atoms with Gasteiger partial charge in [-0.25, -0.2) is 9.97 Å². The van der Waals surface area contributed by atoms with Crippen LogP contribution in [0.1, 0.15) is 18.3 Å². The molecule has 0 spiro atoms. The van der Waals surface area contributed by atoms with Gasteiger partial charge in [0, 0.05) is 17.2 Å². The maximum absolute atomic E-state index is 5.93. The Balaban J connectivity index is 0.000000853. The van der Waals surface area contributed by atoms with E-state index in [1.807, 2.05) is 6.07 Å². The van der Waals surface area contributed by atoms with Gasteiger partial charge in [0.25, 0.3) is 0 Å². The first-order valence-corrected chi connectivity index (χ1v) is 5.32. The van der Waals surface area contributed by atoms with Gasteiger partial charge in [-0.1, -0.05) is 0 Å². The largest absolute Gasteiger partial charge is 0.321 e. The van der Waals surface area contributed by atoms with Crippen LogP contribution in [0.4, 0.5) is 0 Å². The van der Waals surface area contributed by atoms with Crippen molar-refractivity contribution in [1.82, 2.24) is 14.5 Å². The predicted octanol–water partition coefficient (Wildman–Crippen LogP) is 2.02. The monoisotopic (exact) mass is 288 g/mol. The minimum atomic E-state index is 0. The maximum Gasteiger partial charge on any atom is 0.160 e. The zero-order valence-corrected chi connectivity index (χ0v) is 10.3. The molecule has 0 amide bonds. The Morgan fingerprint density at radius 1 is 1.53 bits per heavy atom. The lowest BCUT2D eigenvalue weighted by molar-refractivity contribution is 0.684. The number of halogens is 2. The molecule has 1 aliphatic heterocycles. The van der Waals surface area contributed by atoms with Crippen LogP contribution in [0.5, 0.6) is 0 Å². The molecular weight excluding hydrogens is 279 g/mol. The second kappa shape index (κ2) is 3.73. The summed E-state index contributed by atoms with van der Waals surface area (Å²) in [5.74, 6) is 0.964. The Morgan fingerprint density at radius 2 is 2.33 bits per heavy atom. The molecule has 0 saturated carbocycles. The number of nitrogens with two attached hydrogens (primary N) is 1.